The summed E-state index contributed by atoms with van der Waals surface area (Å²) in [7, 11) is -3.10. The lowest BCUT2D eigenvalue weighted by Crippen LogP contribution is -2.44. The maximum absolute atomic E-state index is 12.1. The van der Waals surface area contributed by atoms with Crippen LogP contribution in [-0.4, -0.2) is 38.3 Å². The lowest BCUT2D eigenvalue weighted by Gasteiger charge is -2.32. The van der Waals surface area contributed by atoms with Crippen molar-refractivity contribution in [2.75, 3.05) is 18.8 Å². The lowest BCUT2D eigenvalue weighted by atomic mass is 9.78. The van der Waals surface area contributed by atoms with E-state index in [1.165, 1.54) is 0 Å². The third kappa shape index (κ3) is 3.78. The van der Waals surface area contributed by atoms with E-state index >= 15 is 0 Å². The zero-order chi connectivity index (χ0) is 13.1. The Morgan fingerprint density at radius 2 is 2.06 bits per heavy atom. The molecule has 0 aromatic heterocycles. The number of carbonyl (C=O) groups is 1. The number of sulfone groups is 1. The van der Waals surface area contributed by atoms with Crippen molar-refractivity contribution < 1.29 is 13.2 Å². The maximum atomic E-state index is 12.1. The second-order valence-corrected chi connectivity index (χ2v) is 8.11. The van der Waals surface area contributed by atoms with Crippen LogP contribution in [-0.2, 0) is 14.6 Å². The first kappa shape index (κ1) is 14.6. The van der Waals surface area contributed by atoms with E-state index < -0.39 is 15.1 Å². The Labute approximate surface area is 104 Å². The topological polar surface area (TPSA) is 63.2 Å². The van der Waals surface area contributed by atoms with E-state index in [0.717, 1.165) is 19.4 Å². The van der Waals surface area contributed by atoms with Gasteiger partial charge in [0.1, 0.15) is 5.78 Å². The SMILES string of the molecule is CC(C)S(=O)(=O)CCC(=O)C1(C)CCCNC1. The smallest absolute Gasteiger partial charge is 0.153 e. The molecule has 0 bridgehead atoms. The lowest BCUT2D eigenvalue weighted by molar-refractivity contribution is -0.128. The number of ketones is 1. The predicted octanol–water partition coefficient (Wildman–Crippen LogP) is 1.16. The van der Waals surface area contributed by atoms with Crippen molar-refractivity contribution in [1.29, 1.82) is 0 Å². The van der Waals surface area contributed by atoms with Crippen molar-refractivity contribution in [1.82, 2.24) is 5.32 Å². The third-order valence-electron chi connectivity index (χ3n) is 3.60. The molecule has 0 aromatic rings. The first-order chi connectivity index (χ1) is 7.78. The number of rotatable bonds is 5. The quantitative estimate of drug-likeness (QED) is 0.806. The summed E-state index contributed by atoms with van der Waals surface area (Å²) < 4.78 is 23.3. The maximum Gasteiger partial charge on any atom is 0.153 e. The molecule has 1 heterocycles. The molecule has 1 saturated heterocycles. The van der Waals surface area contributed by atoms with Gasteiger partial charge in [-0.05, 0) is 33.2 Å². The monoisotopic (exact) mass is 261 g/mol. The highest BCUT2D eigenvalue weighted by molar-refractivity contribution is 7.91. The van der Waals surface area contributed by atoms with E-state index in [0.29, 0.717) is 6.54 Å². The molecule has 0 aromatic carbocycles. The number of hydrogen-bond donors (Lipinski definition) is 1. The normalized spacial score (nSPS) is 26.1. The number of piperidine rings is 1. The van der Waals surface area contributed by atoms with Gasteiger partial charge in [-0.3, -0.25) is 4.79 Å². The second kappa shape index (κ2) is 5.48. The van der Waals surface area contributed by atoms with Crippen molar-refractivity contribution in [3.63, 3.8) is 0 Å². The molecular weight excluding hydrogens is 238 g/mol. The van der Waals surface area contributed by atoms with E-state index in [-0.39, 0.29) is 23.4 Å². The van der Waals surface area contributed by atoms with E-state index in [1.54, 1.807) is 13.8 Å². The summed E-state index contributed by atoms with van der Waals surface area (Å²) in [6, 6.07) is 0. The summed E-state index contributed by atoms with van der Waals surface area (Å²) >= 11 is 0. The predicted molar refractivity (Wildman–Crippen MR) is 68.8 cm³/mol. The van der Waals surface area contributed by atoms with E-state index in [1.807, 2.05) is 6.92 Å². The zero-order valence-corrected chi connectivity index (χ0v) is 11.8. The van der Waals surface area contributed by atoms with Gasteiger partial charge in [0, 0.05) is 18.4 Å². The molecule has 4 nitrogen and oxygen atoms in total. The van der Waals surface area contributed by atoms with Gasteiger partial charge in [0.2, 0.25) is 0 Å². The summed E-state index contributed by atoms with van der Waals surface area (Å²) in [6.07, 6.45) is 2.00. The average Bonchev–Trinajstić information content (AvgIpc) is 2.26. The minimum absolute atomic E-state index is 0.0148. The van der Waals surface area contributed by atoms with Crippen molar-refractivity contribution in [3.05, 3.63) is 0 Å². The number of hydrogen-bond acceptors (Lipinski definition) is 4. The van der Waals surface area contributed by atoms with Crippen molar-refractivity contribution in [2.24, 2.45) is 5.41 Å². The van der Waals surface area contributed by atoms with Gasteiger partial charge in [0.05, 0.1) is 11.0 Å². The molecule has 0 saturated carbocycles. The summed E-state index contributed by atoms with van der Waals surface area (Å²) in [4.78, 5) is 12.1. The fourth-order valence-corrected chi connectivity index (χ4v) is 3.01. The highest BCUT2D eigenvalue weighted by atomic mass is 32.2. The van der Waals surface area contributed by atoms with Crippen molar-refractivity contribution in [3.8, 4) is 0 Å². The van der Waals surface area contributed by atoms with Crippen LogP contribution in [0.15, 0.2) is 0 Å². The number of carbonyl (C=O) groups excluding carboxylic acids is 1. The molecule has 1 aliphatic heterocycles. The second-order valence-electron chi connectivity index (χ2n) is 5.43. The molecular formula is C12H23NO3S. The fourth-order valence-electron chi connectivity index (χ4n) is 2.07. The Balaban J connectivity index is 2.55. The molecule has 0 aliphatic carbocycles. The van der Waals surface area contributed by atoms with Gasteiger partial charge in [-0.1, -0.05) is 6.92 Å². The number of Topliss-reactive ketones (excluding diaryl/α,β-unsaturated/α-hetero) is 1. The molecule has 1 rings (SSSR count). The molecule has 100 valence electrons. The van der Waals surface area contributed by atoms with Gasteiger partial charge in [0.15, 0.2) is 9.84 Å². The van der Waals surface area contributed by atoms with Crippen LogP contribution in [0.4, 0.5) is 0 Å². The number of nitrogens with one attached hydrogen (secondary N) is 1. The van der Waals surface area contributed by atoms with Gasteiger partial charge in [-0.25, -0.2) is 8.42 Å². The Kier molecular flexibility index (Phi) is 4.72. The van der Waals surface area contributed by atoms with Crippen LogP contribution in [0.25, 0.3) is 0 Å². The van der Waals surface area contributed by atoms with Crippen LogP contribution >= 0.6 is 0 Å². The standard InChI is InChI=1S/C12H23NO3S/c1-10(2)17(15,16)8-5-11(14)12(3)6-4-7-13-9-12/h10,13H,4-9H2,1-3H3. The largest absolute Gasteiger partial charge is 0.316 e. The fraction of sp³-hybridized carbons (Fsp3) is 0.917. The summed E-state index contributed by atoms with van der Waals surface area (Å²) in [5.41, 5.74) is -0.370. The van der Waals surface area contributed by atoms with E-state index in [9.17, 15) is 13.2 Å². The Bertz CT molecular complexity index is 367. The van der Waals surface area contributed by atoms with Crippen LogP contribution in [0.1, 0.15) is 40.0 Å². The van der Waals surface area contributed by atoms with Crippen molar-refractivity contribution >= 4 is 15.6 Å². The molecule has 0 amide bonds. The minimum atomic E-state index is -3.10. The zero-order valence-electron chi connectivity index (χ0n) is 11.0. The first-order valence-corrected chi connectivity index (χ1v) is 7.95. The van der Waals surface area contributed by atoms with Crippen LogP contribution in [0.2, 0.25) is 0 Å². The molecule has 5 heteroatoms. The minimum Gasteiger partial charge on any atom is -0.316 e. The molecule has 1 unspecified atom stereocenters. The average molecular weight is 261 g/mol. The molecule has 1 N–H and O–H groups in total. The molecule has 0 radical (unpaired) electrons. The summed E-state index contributed by atoms with van der Waals surface area (Å²) in [5.74, 6) is 0.0629. The Morgan fingerprint density at radius 3 is 2.53 bits per heavy atom. The van der Waals surface area contributed by atoms with Crippen LogP contribution in [0.5, 0.6) is 0 Å². The summed E-state index contributed by atoms with van der Waals surface area (Å²) in [6.45, 7) is 6.87. The summed E-state index contributed by atoms with van der Waals surface area (Å²) in [5, 5.41) is 2.81. The molecule has 1 atom stereocenters. The molecule has 0 spiro atoms. The molecule has 1 aliphatic rings. The van der Waals surface area contributed by atoms with Crippen LogP contribution < -0.4 is 5.32 Å². The van der Waals surface area contributed by atoms with Gasteiger partial charge in [-0.15, -0.1) is 0 Å². The van der Waals surface area contributed by atoms with Gasteiger partial charge in [0.25, 0.3) is 0 Å². The van der Waals surface area contributed by atoms with Gasteiger partial charge in [-0.2, -0.15) is 0 Å². The molecule has 17 heavy (non-hydrogen) atoms. The van der Waals surface area contributed by atoms with Gasteiger partial charge < -0.3 is 5.32 Å². The van der Waals surface area contributed by atoms with Crippen LogP contribution in [0, 0.1) is 5.41 Å². The van der Waals surface area contributed by atoms with E-state index in [4.69, 9.17) is 0 Å². The third-order valence-corrected chi connectivity index (χ3v) is 5.81. The van der Waals surface area contributed by atoms with Gasteiger partial charge >= 0.3 is 0 Å². The Hall–Kier alpha value is -0.420. The first-order valence-electron chi connectivity index (χ1n) is 6.23. The van der Waals surface area contributed by atoms with Crippen molar-refractivity contribution in [2.45, 2.75) is 45.3 Å². The Morgan fingerprint density at radius 1 is 1.41 bits per heavy atom. The van der Waals surface area contributed by atoms with Crippen LogP contribution in [0.3, 0.4) is 0 Å². The highest BCUT2D eigenvalue weighted by Crippen LogP contribution is 2.28. The molecule has 1 fully saturated rings. The van der Waals surface area contributed by atoms with E-state index in [2.05, 4.69) is 5.32 Å². The highest BCUT2D eigenvalue weighted by Gasteiger charge is 2.34.